The first-order chi connectivity index (χ1) is 14.6. The number of hydrogen-bond donors (Lipinski definition) is 1. The number of methoxy groups -OCH3 is 2. The van der Waals surface area contributed by atoms with Crippen molar-refractivity contribution >= 4 is 11.6 Å². The molecule has 1 amide bonds. The summed E-state index contributed by atoms with van der Waals surface area (Å²) in [5, 5.41) is 3.03. The van der Waals surface area contributed by atoms with E-state index >= 15 is 0 Å². The molecule has 0 radical (unpaired) electrons. The van der Waals surface area contributed by atoms with Crippen molar-refractivity contribution in [2.24, 2.45) is 0 Å². The van der Waals surface area contributed by atoms with Crippen LogP contribution in [0.2, 0.25) is 0 Å². The third kappa shape index (κ3) is 7.76. The lowest BCUT2D eigenvalue weighted by Crippen LogP contribution is -2.46. The molecule has 0 spiro atoms. The topological polar surface area (TPSA) is 54.0 Å². The number of piperazine rings is 1. The predicted octanol–water partition coefficient (Wildman–Crippen LogP) is 3.45. The Morgan fingerprint density at radius 1 is 1.13 bits per heavy atom. The summed E-state index contributed by atoms with van der Waals surface area (Å²) in [6, 6.07) is 5.74. The second-order valence-corrected chi connectivity index (χ2v) is 7.86. The van der Waals surface area contributed by atoms with Gasteiger partial charge in [-0.05, 0) is 31.5 Å². The second kappa shape index (κ2) is 13.4. The van der Waals surface area contributed by atoms with E-state index in [9.17, 15) is 9.18 Å². The molecule has 1 N–H and O–H groups in total. The van der Waals surface area contributed by atoms with E-state index in [0.29, 0.717) is 30.5 Å². The average molecular weight is 424 g/mol. The van der Waals surface area contributed by atoms with Gasteiger partial charge in [-0.25, -0.2) is 4.39 Å². The van der Waals surface area contributed by atoms with Gasteiger partial charge in [0.2, 0.25) is 5.91 Å². The van der Waals surface area contributed by atoms with Gasteiger partial charge in [0.05, 0.1) is 19.4 Å². The van der Waals surface area contributed by atoms with Crippen molar-refractivity contribution in [3.8, 4) is 5.75 Å². The van der Waals surface area contributed by atoms with Crippen molar-refractivity contribution in [1.29, 1.82) is 0 Å². The first-order valence-corrected chi connectivity index (χ1v) is 11.2. The van der Waals surface area contributed by atoms with Gasteiger partial charge in [0, 0.05) is 45.8 Å². The van der Waals surface area contributed by atoms with Gasteiger partial charge in [-0.2, -0.15) is 0 Å². The summed E-state index contributed by atoms with van der Waals surface area (Å²) in [7, 11) is 3.12. The molecular weight excluding hydrogens is 385 g/mol. The van der Waals surface area contributed by atoms with Gasteiger partial charge < -0.3 is 24.6 Å². The summed E-state index contributed by atoms with van der Waals surface area (Å²) >= 11 is 0. The van der Waals surface area contributed by atoms with Crippen LogP contribution in [0.4, 0.5) is 10.1 Å². The summed E-state index contributed by atoms with van der Waals surface area (Å²) in [6.07, 6.45) is 6.64. The normalized spacial score (nSPS) is 17.8. The molecule has 0 bridgehead atoms. The Balaban J connectivity index is 0.000000222. The van der Waals surface area contributed by atoms with Crippen LogP contribution in [0.1, 0.15) is 45.4 Å². The Morgan fingerprint density at radius 2 is 1.83 bits per heavy atom. The molecule has 1 aromatic rings. The molecule has 1 heterocycles. The third-order valence-corrected chi connectivity index (χ3v) is 5.83. The Hall–Kier alpha value is -1.86. The number of carbonyl (C=O) groups excluding carboxylic acids is 1. The van der Waals surface area contributed by atoms with E-state index in [4.69, 9.17) is 9.47 Å². The smallest absolute Gasteiger partial charge is 0.222 e. The molecule has 1 saturated carbocycles. The van der Waals surface area contributed by atoms with Crippen molar-refractivity contribution < 1.29 is 18.7 Å². The number of ether oxygens (including phenoxy) is 2. The monoisotopic (exact) mass is 423 g/mol. The molecule has 3 rings (SSSR count). The van der Waals surface area contributed by atoms with Crippen LogP contribution in [0.3, 0.4) is 0 Å². The van der Waals surface area contributed by atoms with E-state index in [1.807, 2.05) is 12.1 Å². The zero-order chi connectivity index (χ0) is 21.8. The summed E-state index contributed by atoms with van der Waals surface area (Å²) < 4.78 is 23.9. The van der Waals surface area contributed by atoms with E-state index in [1.54, 1.807) is 13.2 Å². The largest absolute Gasteiger partial charge is 0.494 e. The van der Waals surface area contributed by atoms with Crippen molar-refractivity contribution in [3.63, 3.8) is 0 Å². The number of halogens is 1. The van der Waals surface area contributed by atoms with E-state index < -0.39 is 0 Å². The van der Waals surface area contributed by atoms with Crippen LogP contribution in [0.15, 0.2) is 18.2 Å². The van der Waals surface area contributed by atoms with Crippen LogP contribution < -0.4 is 15.0 Å². The summed E-state index contributed by atoms with van der Waals surface area (Å²) in [5.41, 5.74) is 0.653. The minimum Gasteiger partial charge on any atom is -0.494 e. The highest BCUT2D eigenvalue weighted by atomic mass is 19.1. The third-order valence-electron chi connectivity index (χ3n) is 5.83. The van der Waals surface area contributed by atoms with Crippen LogP contribution in [-0.2, 0) is 9.53 Å². The lowest BCUT2D eigenvalue weighted by atomic mass is 9.95. The van der Waals surface area contributed by atoms with Crippen molar-refractivity contribution in [2.75, 3.05) is 58.5 Å². The fraction of sp³-hybridized carbons (Fsp3) is 0.696. The Labute approximate surface area is 180 Å². The number of hydrogen-bond acceptors (Lipinski definition) is 5. The maximum Gasteiger partial charge on any atom is 0.222 e. The number of nitrogens with one attached hydrogen (secondary N) is 1. The Morgan fingerprint density at radius 3 is 2.43 bits per heavy atom. The minimum absolute atomic E-state index is 0.133. The zero-order valence-electron chi connectivity index (χ0n) is 18.8. The number of anilines is 1. The fourth-order valence-electron chi connectivity index (χ4n) is 3.95. The predicted molar refractivity (Wildman–Crippen MR) is 119 cm³/mol. The van der Waals surface area contributed by atoms with Gasteiger partial charge in [0.1, 0.15) is 0 Å². The molecular formula is C23H38FN3O3. The van der Waals surface area contributed by atoms with Crippen LogP contribution in [0.5, 0.6) is 5.75 Å². The molecule has 0 aromatic heterocycles. The highest BCUT2D eigenvalue weighted by Gasteiger charge is 2.20. The fourth-order valence-corrected chi connectivity index (χ4v) is 3.95. The molecule has 30 heavy (non-hydrogen) atoms. The average Bonchev–Trinajstić information content (AvgIpc) is 2.79. The Kier molecular flexibility index (Phi) is 10.9. The molecule has 6 nitrogen and oxygen atoms in total. The van der Waals surface area contributed by atoms with Crippen LogP contribution in [0, 0.1) is 5.82 Å². The maximum absolute atomic E-state index is 14.1. The summed E-state index contributed by atoms with van der Waals surface area (Å²) in [5.74, 6) is 0.203. The number of rotatable bonds is 7. The molecule has 1 saturated heterocycles. The lowest BCUT2D eigenvalue weighted by Gasteiger charge is -2.35. The van der Waals surface area contributed by atoms with E-state index in [2.05, 4.69) is 22.0 Å². The number of carbonyl (C=O) groups is 1. The summed E-state index contributed by atoms with van der Waals surface area (Å²) in [4.78, 5) is 15.7. The highest BCUT2D eigenvalue weighted by molar-refractivity contribution is 5.76. The van der Waals surface area contributed by atoms with Gasteiger partial charge in [-0.15, -0.1) is 0 Å². The lowest BCUT2D eigenvalue weighted by molar-refractivity contribution is -0.122. The molecule has 0 unspecified atom stereocenters. The Bertz CT molecular complexity index is 630. The SMILES string of the molecule is CCN1CCN(c2cccc(OC)c2F)CC1.COCCC(=O)NC1CCCCC1. The van der Waals surface area contributed by atoms with Crippen LogP contribution in [-0.4, -0.2) is 70.4 Å². The van der Waals surface area contributed by atoms with Crippen LogP contribution in [0.25, 0.3) is 0 Å². The number of nitrogens with zero attached hydrogens (tertiary/aromatic N) is 2. The van der Waals surface area contributed by atoms with Crippen molar-refractivity contribution in [3.05, 3.63) is 24.0 Å². The molecule has 170 valence electrons. The quantitative estimate of drug-likeness (QED) is 0.728. The van der Waals surface area contributed by atoms with Gasteiger partial charge in [-0.1, -0.05) is 32.3 Å². The molecule has 1 aliphatic carbocycles. The highest BCUT2D eigenvalue weighted by Crippen LogP contribution is 2.27. The van der Waals surface area contributed by atoms with Gasteiger partial charge in [0.15, 0.2) is 11.6 Å². The molecule has 0 atom stereocenters. The molecule has 7 heteroatoms. The number of benzene rings is 1. The summed E-state index contributed by atoms with van der Waals surface area (Å²) in [6.45, 7) is 7.48. The molecule has 1 aliphatic heterocycles. The first-order valence-electron chi connectivity index (χ1n) is 11.2. The number of likely N-dealkylation sites (N-methyl/N-ethyl adjacent to an activating group) is 1. The standard InChI is InChI=1S/C13H19FN2O.C10H19NO2/c1-3-15-7-9-16(10-8-15)11-5-4-6-12(17-2)13(11)14;1-13-8-7-10(12)11-9-5-3-2-4-6-9/h4-6H,3,7-10H2,1-2H3;9H,2-8H2,1H3,(H,11,12). The van der Waals surface area contributed by atoms with Gasteiger partial charge in [0.25, 0.3) is 0 Å². The van der Waals surface area contributed by atoms with E-state index in [0.717, 1.165) is 45.6 Å². The van der Waals surface area contributed by atoms with Gasteiger partial charge >= 0.3 is 0 Å². The van der Waals surface area contributed by atoms with E-state index in [1.165, 1.54) is 26.4 Å². The molecule has 1 aromatic carbocycles. The molecule has 2 fully saturated rings. The van der Waals surface area contributed by atoms with Gasteiger partial charge in [-0.3, -0.25) is 4.79 Å². The second-order valence-electron chi connectivity index (χ2n) is 7.86. The van der Waals surface area contributed by atoms with Crippen molar-refractivity contribution in [2.45, 2.75) is 51.5 Å². The van der Waals surface area contributed by atoms with Crippen LogP contribution >= 0.6 is 0 Å². The maximum atomic E-state index is 14.1. The number of amides is 1. The molecule has 2 aliphatic rings. The first kappa shape index (κ1) is 24.4. The van der Waals surface area contributed by atoms with Crippen molar-refractivity contribution in [1.82, 2.24) is 10.2 Å². The van der Waals surface area contributed by atoms with E-state index in [-0.39, 0.29) is 11.7 Å². The zero-order valence-corrected chi connectivity index (χ0v) is 18.8. The minimum atomic E-state index is -0.250.